The van der Waals surface area contributed by atoms with Crippen LogP contribution >= 0.6 is 0 Å². The molecule has 2 aliphatic rings. The first kappa shape index (κ1) is 26.5. The van der Waals surface area contributed by atoms with E-state index < -0.39 is 0 Å². The van der Waals surface area contributed by atoms with E-state index >= 15 is 0 Å². The Morgan fingerprint density at radius 3 is 1.33 bits per heavy atom. The Labute approximate surface area is 213 Å². The van der Waals surface area contributed by atoms with Gasteiger partial charge in [-0.2, -0.15) is 9.13 Å². The maximum atomic E-state index is 12.4. The lowest BCUT2D eigenvalue weighted by Gasteiger charge is -2.27. The number of carbonyl (C=O) groups is 2. The summed E-state index contributed by atoms with van der Waals surface area (Å²) >= 11 is 0. The lowest BCUT2D eigenvalue weighted by atomic mass is 10.1. The zero-order valence-corrected chi connectivity index (χ0v) is 21.3. The first-order valence-corrected chi connectivity index (χ1v) is 12.9. The summed E-state index contributed by atoms with van der Waals surface area (Å²) in [5.41, 5.74) is 1.92. The third-order valence-electron chi connectivity index (χ3n) is 6.39. The highest BCUT2D eigenvalue weighted by molar-refractivity contribution is 5.78. The number of ether oxygens (including phenoxy) is 4. The van der Waals surface area contributed by atoms with Crippen molar-refractivity contribution in [3.63, 3.8) is 0 Å². The van der Waals surface area contributed by atoms with Crippen molar-refractivity contribution in [3.05, 3.63) is 60.2 Å². The van der Waals surface area contributed by atoms with Crippen molar-refractivity contribution in [2.45, 2.75) is 65.2 Å². The SMILES string of the molecule is CC1COC(c2cc[n+](CC(=O)CCCCC(=O)C[n+]3ccc(C4OCC(C)CO4)cc3)cc2)OC1. The quantitative estimate of drug-likeness (QED) is 0.350. The summed E-state index contributed by atoms with van der Waals surface area (Å²) in [5.74, 6) is 1.14. The molecule has 0 spiro atoms. The summed E-state index contributed by atoms with van der Waals surface area (Å²) in [6.07, 6.45) is 9.25. The van der Waals surface area contributed by atoms with Crippen LogP contribution in [0.25, 0.3) is 0 Å². The summed E-state index contributed by atoms with van der Waals surface area (Å²) in [6.45, 7) is 7.61. The second-order valence-electron chi connectivity index (χ2n) is 10.1. The molecule has 0 atom stereocenters. The Hall–Kier alpha value is -2.52. The van der Waals surface area contributed by atoms with Gasteiger partial charge in [0.25, 0.3) is 0 Å². The van der Waals surface area contributed by atoms with Gasteiger partial charge in [-0.25, -0.2) is 0 Å². The molecule has 0 aliphatic carbocycles. The molecule has 2 fully saturated rings. The number of rotatable bonds is 11. The first-order chi connectivity index (χ1) is 17.5. The molecule has 2 saturated heterocycles. The normalized spacial score (nSPS) is 24.4. The number of ketones is 2. The monoisotopic (exact) mass is 498 g/mol. The van der Waals surface area contributed by atoms with Gasteiger partial charge in [0.1, 0.15) is 0 Å². The maximum Gasteiger partial charge on any atom is 0.206 e. The Morgan fingerprint density at radius 2 is 1.00 bits per heavy atom. The number of Topliss-reactive ketones (excluding diaryl/α,β-unsaturated/α-hetero) is 2. The summed E-state index contributed by atoms with van der Waals surface area (Å²) in [4.78, 5) is 24.7. The molecule has 2 aromatic rings. The second-order valence-corrected chi connectivity index (χ2v) is 10.1. The zero-order chi connectivity index (χ0) is 25.3. The summed E-state index contributed by atoms with van der Waals surface area (Å²) in [7, 11) is 0. The molecular formula is C28H38N2O6+2. The first-order valence-electron chi connectivity index (χ1n) is 12.9. The molecule has 4 rings (SSSR count). The summed E-state index contributed by atoms with van der Waals surface area (Å²) in [6, 6.07) is 7.75. The minimum atomic E-state index is -0.330. The highest BCUT2D eigenvalue weighted by atomic mass is 16.7. The van der Waals surface area contributed by atoms with Crippen LogP contribution in [0.5, 0.6) is 0 Å². The molecule has 194 valence electrons. The van der Waals surface area contributed by atoms with Crippen LogP contribution in [-0.4, -0.2) is 38.0 Å². The van der Waals surface area contributed by atoms with Gasteiger partial charge in [-0.05, 0) is 12.8 Å². The van der Waals surface area contributed by atoms with Crippen LogP contribution in [0.3, 0.4) is 0 Å². The third-order valence-corrected chi connectivity index (χ3v) is 6.39. The molecule has 8 heteroatoms. The average Bonchev–Trinajstić information content (AvgIpc) is 2.89. The van der Waals surface area contributed by atoms with Crippen LogP contribution in [0, 0.1) is 11.8 Å². The van der Waals surface area contributed by atoms with Crippen LogP contribution in [0.4, 0.5) is 0 Å². The molecule has 2 aromatic heterocycles. The van der Waals surface area contributed by atoms with Crippen molar-refractivity contribution in [1.82, 2.24) is 0 Å². The topological polar surface area (TPSA) is 78.8 Å². The van der Waals surface area contributed by atoms with Crippen molar-refractivity contribution in [1.29, 1.82) is 0 Å². The van der Waals surface area contributed by atoms with Crippen molar-refractivity contribution in [2.24, 2.45) is 11.8 Å². The number of hydrogen-bond acceptors (Lipinski definition) is 6. The molecule has 0 saturated carbocycles. The average molecular weight is 499 g/mol. The van der Waals surface area contributed by atoms with Gasteiger partial charge in [-0.15, -0.1) is 0 Å². The van der Waals surface area contributed by atoms with Gasteiger partial charge < -0.3 is 18.9 Å². The van der Waals surface area contributed by atoms with Gasteiger partial charge in [0.15, 0.2) is 48.9 Å². The largest absolute Gasteiger partial charge is 0.348 e. The fourth-order valence-electron chi connectivity index (χ4n) is 4.26. The summed E-state index contributed by atoms with van der Waals surface area (Å²) in [5, 5.41) is 0. The second kappa shape index (κ2) is 13.1. The highest BCUT2D eigenvalue weighted by Gasteiger charge is 2.23. The number of hydrogen-bond donors (Lipinski definition) is 0. The Balaban J connectivity index is 1.11. The molecule has 8 nitrogen and oxygen atoms in total. The van der Waals surface area contributed by atoms with Gasteiger partial charge in [-0.1, -0.05) is 13.8 Å². The van der Waals surface area contributed by atoms with Gasteiger partial charge in [0.05, 0.1) is 26.4 Å². The predicted molar refractivity (Wildman–Crippen MR) is 129 cm³/mol. The number of nitrogens with zero attached hydrogens (tertiary/aromatic N) is 2. The minimum absolute atomic E-state index is 0.158. The number of aromatic nitrogens is 2. The van der Waals surface area contributed by atoms with E-state index in [0.29, 0.717) is 77.0 Å². The van der Waals surface area contributed by atoms with Gasteiger partial charge in [0, 0.05) is 60.1 Å². The Kier molecular flexibility index (Phi) is 9.69. The molecule has 0 unspecified atom stereocenters. The highest BCUT2D eigenvalue weighted by Crippen LogP contribution is 2.24. The van der Waals surface area contributed by atoms with Crippen LogP contribution in [-0.2, 0) is 41.6 Å². The molecule has 0 bridgehead atoms. The van der Waals surface area contributed by atoms with Crippen molar-refractivity contribution < 1.29 is 37.7 Å². The van der Waals surface area contributed by atoms with Gasteiger partial charge in [-0.3, -0.25) is 9.59 Å². The molecule has 2 aliphatic heterocycles. The summed E-state index contributed by atoms with van der Waals surface area (Å²) < 4.78 is 26.6. The van der Waals surface area contributed by atoms with Gasteiger partial charge >= 0.3 is 0 Å². The van der Waals surface area contributed by atoms with E-state index in [1.54, 1.807) is 0 Å². The van der Waals surface area contributed by atoms with Crippen LogP contribution in [0.2, 0.25) is 0 Å². The van der Waals surface area contributed by atoms with Crippen molar-refractivity contribution >= 4 is 11.6 Å². The molecule has 36 heavy (non-hydrogen) atoms. The molecular weight excluding hydrogens is 460 g/mol. The molecule has 4 heterocycles. The lowest BCUT2D eigenvalue weighted by Crippen LogP contribution is -2.37. The van der Waals surface area contributed by atoms with E-state index in [0.717, 1.165) is 11.1 Å². The Morgan fingerprint density at radius 1 is 0.667 bits per heavy atom. The Bertz CT molecular complexity index is 897. The molecule has 0 aromatic carbocycles. The van der Waals surface area contributed by atoms with Crippen LogP contribution in [0.1, 0.15) is 63.2 Å². The van der Waals surface area contributed by atoms with Crippen molar-refractivity contribution in [3.8, 4) is 0 Å². The molecule has 0 N–H and O–H groups in total. The van der Waals surface area contributed by atoms with E-state index in [9.17, 15) is 9.59 Å². The fraction of sp³-hybridized carbons (Fsp3) is 0.571. The standard InChI is InChI=1S/C28H38N2O6/c1-21-17-33-27(34-18-21)23-7-11-29(12-8-23)15-25(31)5-3-4-6-26(32)16-30-13-9-24(10-14-30)28-35-19-22(2)20-36-28/h7-14,21-22,27-28H,3-6,15-20H2,1-2H3/q+2. The molecule has 0 amide bonds. The van der Waals surface area contributed by atoms with E-state index in [-0.39, 0.29) is 24.1 Å². The maximum absolute atomic E-state index is 12.4. The van der Waals surface area contributed by atoms with Crippen LogP contribution in [0.15, 0.2) is 49.1 Å². The van der Waals surface area contributed by atoms with Crippen molar-refractivity contribution in [2.75, 3.05) is 26.4 Å². The number of unbranched alkanes of at least 4 members (excludes halogenated alkanes) is 1. The van der Waals surface area contributed by atoms with Crippen LogP contribution < -0.4 is 9.13 Å². The van der Waals surface area contributed by atoms with E-state index in [4.69, 9.17) is 18.9 Å². The number of carbonyl (C=O) groups excluding carboxylic acids is 2. The lowest BCUT2D eigenvalue weighted by molar-refractivity contribution is -0.684. The van der Waals surface area contributed by atoms with E-state index in [1.807, 2.05) is 58.2 Å². The minimum Gasteiger partial charge on any atom is -0.348 e. The molecule has 0 radical (unpaired) electrons. The third kappa shape index (κ3) is 8.00. The predicted octanol–water partition coefficient (Wildman–Crippen LogP) is 3.02. The van der Waals surface area contributed by atoms with E-state index in [2.05, 4.69) is 13.8 Å². The zero-order valence-electron chi connectivity index (χ0n) is 21.3. The smallest absolute Gasteiger partial charge is 0.206 e. The van der Waals surface area contributed by atoms with E-state index in [1.165, 1.54) is 0 Å². The number of pyridine rings is 2. The van der Waals surface area contributed by atoms with Gasteiger partial charge in [0.2, 0.25) is 13.1 Å². The fourth-order valence-corrected chi connectivity index (χ4v) is 4.26.